The van der Waals surface area contributed by atoms with Crippen molar-refractivity contribution >= 4 is 5.91 Å². The summed E-state index contributed by atoms with van der Waals surface area (Å²) in [5.41, 5.74) is -0.922. The van der Waals surface area contributed by atoms with Crippen molar-refractivity contribution in [3.8, 4) is 0 Å². The minimum Gasteiger partial charge on any atom is -0.343 e. The molecule has 1 saturated heterocycles. The minimum atomic E-state index is -4.77. The van der Waals surface area contributed by atoms with Crippen LogP contribution < -0.4 is 5.69 Å². The zero-order valence-electron chi connectivity index (χ0n) is 13.2. The van der Waals surface area contributed by atoms with Crippen LogP contribution in [0.2, 0.25) is 0 Å². The highest BCUT2D eigenvalue weighted by Gasteiger charge is 2.39. The lowest BCUT2D eigenvalue weighted by Gasteiger charge is -2.31. The number of carbonyl (C=O) groups is 1. The van der Waals surface area contributed by atoms with Gasteiger partial charge < -0.3 is 4.90 Å². The fourth-order valence-corrected chi connectivity index (χ4v) is 2.71. The first-order chi connectivity index (χ1) is 11.4. The van der Waals surface area contributed by atoms with Crippen LogP contribution >= 0.6 is 0 Å². The van der Waals surface area contributed by atoms with Crippen molar-refractivity contribution in [1.29, 1.82) is 0 Å². The summed E-state index contributed by atoms with van der Waals surface area (Å²) in [4.78, 5) is 24.9. The van der Waals surface area contributed by atoms with Gasteiger partial charge in [-0.3, -0.25) is 9.36 Å². The van der Waals surface area contributed by atoms with Crippen LogP contribution in [0.15, 0.2) is 4.79 Å². The summed E-state index contributed by atoms with van der Waals surface area (Å²) < 4.78 is 75.9. The van der Waals surface area contributed by atoms with Crippen molar-refractivity contribution in [2.24, 2.45) is 7.05 Å². The summed E-state index contributed by atoms with van der Waals surface area (Å²) in [6.07, 6.45) is -10.8. The van der Waals surface area contributed by atoms with E-state index in [-0.39, 0.29) is 25.9 Å². The van der Waals surface area contributed by atoms with Crippen LogP contribution in [-0.2, 0) is 18.0 Å². The topological polar surface area (TPSA) is 60.1 Å². The fraction of sp³-hybridized carbons (Fsp3) is 0.769. The fourth-order valence-electron chi connectivity index (χ4n) is 2.71. The molecule has 12 heteroatoms. The standard InChI is InChI=1S/C13H16F6N4O2/c1-21-10(13(17,18)19)20-23(11(21)25)8-3-6-22(7-4-8)9(24)2-5-12(14,15)16/h8H,2-7H2,1H3. The number of alkyl halides is 6. The third kappa shape index (κ3) is 4.54. The number of likely N-dealkylation sites (tertiary alicyclic amines) is 1. The molecule has 0 aromatic carbocycles. The van der Waals surface area contributed by atoms with Crippen molar-refractivity contribution in [2.45, 2.75) is 44.1 Å². The minimum absolute atomic E-state index is 0.0612. The number of rotatable bonds is 3. The summed E-state index contributed by atoms with van der Waals surface area (Å²) in [6.45, 7) is 0.122. The third-order valence-corrected chi connectivity index (χ3v) is 4.04. The van der Waals surface area contributed by atoms with Crippen molar-refractivity contribution in [3.05, 3.63) is 16.3 Å². The molecule has 0 saturated carbocycles. The molecule has 142 valence electrons. The smallest absolute Gasteiger partial charge is 0.343 e. The molecule has 2 rings (SSSR count). The van der Waals surface area contributed by atoms with Gasteiger partial charge in [-0.15, -0.1) is 5.10 Å². The average Bonchev–Trinajstić information content (AvgIpc) is 2.80. The van der Waals surface area contributed by atoms with Crippen LogP contribution in [0.5, 0.6) is 0 Å². The largest absolute Gasteiger partial charge is 0.451 e. The first-order valence-corrected chi connectivity index (χ1v) is 7.47. The SMILES string of the molecule is Cn1c(C(F)(F)F)nn(C2CCN(C(=O)CCC(F)(F)F)CC2)c1=O. The molecule has 1 aromatic rings. The molecule has 6 nitrogen and oxygen atoms in total. The van der Waals surface area contributed by atoms with E-state index in [0.29, 0.717) is 4.57 Å². The van der Waals surface area contributed by atoms with E-state index in [4.69, 9.17) is 0 Å². The Kier molecular flexibility index (Phi) is 5.19. The van der Waals surface area contributed by atoms with Gasteiger partial charge in [-0.2, -0.15) is 26.3 Å². The monoisotopic (exact) mass is 374 g/mol. The van der Waals surface area contributed by atoms with E-state index in [1.807, 2.05) is 0 Å². The van der Waals surface area contributed by atoms with Gasteiger partial charge in [-0.05, 0) is 12.8 Å². The van der Waals surface area contributed by atoms with E-state index in [2.05, 4.69) is 5.10 Å². The van der Waals surface area contributed by atoms with Gasteiger partial charge >= 0.3 is 18.0 Å². The van der Waals surface area contributed by atoms with E-state index in [1.165, 1.54) is 4.90 Å². The van der Waals surface area contributed by atoms with Crippen molar-refractivity contribution in [3.63, 3.8) is 0 Å². The Morgan fingerprint density at radius 3 is 2.16 bits per heavy atom. The van der Waals surface area contributed by atoms with Crippen LogP contribution in [0.3, 0.4) is 0 Å². The molecule has 1 fully saturated rings. The Balaban J connectivity index is 2.01. The second-order valence-corrected chi connectivity index (χ2v) is 5.83. The predicted octanol–water partition coefficient (Wildman–Crippen LogP) is 2.11. The number of aromatic nitrogens is 3. The first kappa shape index (κ1) is 19.3. The lowest BCUT2D eigenvalue weighted by molar-refractivity contribution is -0.150. The molecule has 1 amide bonds. The van der Waals surface area contributed by atoms with E-state index in [9.17, 15) is 35.9 Å². The van der Waals surface area contributed by atoms with Gasteiger partial charge in [0.15, 0.2) is 0 Å². The lowest BCUT2D eigenvalue weighted by Crippen LogP contribution is -2.41. The van der Waals surface area contributed by atoms with Crippen LogP contribution in [0.4, 0.5) is 26.3 Å². The Morgan fingerprint density at radius 1 is 1.16 bits per heavy atom. The molecule has 1 aliphatic heterocycles. The van der Waals surface area contributed by atoms with E-state index < -0.39 is 48.7 Å². The lowest BCUT2D eigenvalue weighted by atomic mass is 10.0. The molecule has 0 spiro atoms. The first-order valence-electron chi connectivity index (χ1n) is 7.47. The van der Waals surface area contributed by atoms with Gasteiger partial charge in [0, 0.05) is 26.6 Å². The summed E-state index contributed by atoms with van der Waals surface area (Å²) in [5.74, 6) is -1.98. The summed E-state index contributed by atoms with van der Waals surface area (Å²) in [6, 6.07) is -0.638. The molecule has 2 heterocycles. The number of hydrogen-bond donors (Lipinski definition) is 0. The van der Waals surface area contributed by atoms with Crippen molar-refractivity contribution < 1.29 is 31.1 Å². The normalized spacial score (nSPS) is 17.2. The third-order valence-electron chi connectivity index (χ3n) is 4.04. The van der Waals surface area contributed by atoms with Crippen molar-refractivity contribution in [2.75, 3.05) is 13.1 Å². The zero-order valence-corrected chi connectivity index (χ0v) is 13.2. The molecule has 1 aromatic heterocycles. The number of piperidine rings is 1. The molecule has 0 N–H and O–H groups in total. The van der Waals surface area contributed by atoms with Crippen LogP contribution in [0.25, 0.3) is 0 Å². The van der Waals surface area contributed by atoms with E-state index in [1.54, 1.807) is 0 Å². The molecule has 0 atom stereocenters. The molecule has 25 heavy (non-hydrogen) atoms. The maximum absolute atomic E-state index is 12.8. The summed E-state index contributed by atoms with van der Waals surface area (Å²) >= 11 is 0. The maximum atomic E-state index is 12.8. The molecule has 0 bridgehead atoms. The van der Waals surface area contributed by atoms with E-state index >= 15 is 0 Å². The molecule has 0 unspecified atom stereocenters. The van der Waals surface area contributed by atoms with E-state index in [0.717, 1.165) is 11.7 Å². The van der Waals surface area contributed by atoms with Crippen molar-refractivity contribution in [1.82, 2.24) is 19.2 Å². The second kappa shape index (κ2) is 6.71. The molecule has 0 aliphatic carbocycles. The van der Waals surface area contributed by atoms with Gasteiger partial charge in [0.25, 0.3) is 0 Å². The second-order valence-electron chi connectivity index (χ2n) is 5.83. The average molecular weight is 374 g/mol. The number of halogens is 6. The molecule has 0 radical (unpaired) electrons. The van der Waals surface area contributed by atoms with Crippen LogP contribution in [0, 0.1) is 0 Å². The number of hydrogen-bond acceptors (Lipinski definition) is 3. The van der Waals surface area contributed by atoms with Crippen LogP contribution in [0.1, 0.15) is 37.5 Å². The number of carbonyl (C=O) groups excluding carboxylic acids is 1. The predicted molar refractivity (Wildman–Crippen MR) is 72.6 cm³/mol. The highest BCUT2D eigenvalue weighted by atomic mass is 19.4. The van der Waals surface area contributed by atoms with Gasteiger partial charge in [-0.1, -0.05) is 0 Å². The van der Waals surface area contributed by atoms with Gasteiger partial charge in [0.05, 0.1) is 12.5 Å². The van der Waals surface area contributed by atoms with Crippen LogP contribution in [-0.4, -0.2) is 44.4 Å². The zero-order chi connectivity index (χ0) is 19.0. The molecule has 1 aliphatic rings. The highest BCUT2D eigenvalue weighted by molar-refractivity contribution is 5.76. The van der Waals surface area contributed by atoms with Gasteiger partial charge in [-0.25, -0.2) is 9.48 Å². The Hall–Kier alpha value is -2.01. The summed E-state index contributed by atoms with van der Waals surface area (Å²) in [7, 11) is 0.963. The van der Waals surface area contributed by atoms with Gasteiger partial charge in [0.1, 0.15) is 0 Å². The molecular weight excluding hydrogens is 358 g/mol. The maximum Gasteiger partial charge on any atom is 0.451 e. The van der Waals surface area contributed by atoms with Gasteiger partial charge in [0.2, 0.25) is 11.7 Å². The molecular formula is C13H16F6N4O2. The number of amides is 1. The number of nitrogens with zero attached hydrogens (tertiary/aromatic N) is 4. The Morgan fingerprint density at radius 2 is 1.72 bits per heavy atom. The Labute approximate surface area is 138 Å². The highest BCUT2D eigenvalue weighted by Crippen LogP contribution is 2.28. The Bertz CT molecular complexity index is 682. The quantitative estimate of drug-likeness (QED) is 0.762. The summed E-state index contributed by atoms with van der Waals surface area (Å²) in [5, 5.41) is 3.33.